The minimum absolute atomic E-state index is 0.0845. The van der Waals surface area contributed by atoms with Gasteiger partial charge in [0.15, 0.2) is 0 Å². The first-order chi connectivity index (χ1) is 7.47. The number of nitrogens with two attached hydrogens (primary N) is 2. The number of primary amides is 1. The molecule has 1 saturated heterocycles. The topological polar surface area (TPSA) is 89.4 Å². The summed E-state index contributed by atoms with van der Waals surface area (Å²) in [6.07, 6.45) is 1.22. The molecular weight excluding hydrogens is 226 g/mol. The number of carbonyl (C=O) groups excluding carboxylic acids is 2. The smallest absolute Gasteiger partial charge is 0.232 e. The Bertz CT molecular complexity index is 319. The zero-order chi connectivity index (χ0) is 12.3. The van der Waals surface area contributed by atoms with Gasteiger partial charge in [-0.1, -0.05) is 19.1 Å². The second kappa shape index (κ2) is 5.25. The van der Waals surface area contributed by atoms with E-state index >= 15 is 0 Å². The van der Waals surface area contributed by atoms with Crippen molar-refractivity contribution in [3.8, 4) is 0 Å². The summed E-state index contributed by atoms with van der Waals surface area (Å²) < 4.78 is 0. The summed E-state index contributed by atoms with van der Waals surface area (Å²) in [5.74, 6) is -1.08. The van der Waals surface area contributed by atoms with Crippen LogP contribution >= 0.6 is 12.2 Å². The molecule has 1 fully saturated rings. The molecule has 0 aliphatic carbocycles. The fourth-order valence-corrected chi connectivity index (χ4v) is 2.18. The molecule has 5 nitrogen and oxygen atoms in total. The van der Waals surface area contributed by atoms with Gasteiger partial charge in [-0.3, -0.25) is 9.59 Å². The van der Waals surface area contributed by atoms with Crippen LogP contribution < -0.4 is 11.5 Å². The maximum Gasteiger partial charge on any atom is 0.232 e. The van der Waals surface area contributed by atoms with Crippen molar-refractivity contribution in [3.63, 3.8) is 0 Å². The second-order valence-corrected chi connectivity index (χ2v) is 4.51. The van der Waals surface area contributed by atoms with Crippen molar-refractivity contribution in [2.45, 2.75) is 19.8 Å². The van der Waals surface area contributed by atoms with Crippen LogP contribution in [-0.2, 0) is 9.59 Å². The molecule has 2 amide bonds. The highest BCUT2D eigenvalue weighted by atomic mass is 32.1. The van der Waals surface area contributed by atoms with Gasteiger partial charge in [0.25, 0.3) is 0 Å². The van der Waals surface area contributed by atoms with Gasteiger partial charge >= 0.3 is 0 Å². The first-order valence-electron chi connectivity index (χ1n) is 5.34. The van der Waals surface area contributed by atoms with E-state index in [-0.39, 0.29) is 22.7 Å². The lowest BCUT2D eigenvalue weighted by Gasteiger charge is -2.21. The molecule has 0 spiro atoms. The van der Waals surface area contributed by atoms with Gasteiger partial charge in [-0.25, -0.2) is 0 Å². The van der Waals surface area contributed by atoms with E-state index in [4.69, 9.17) is 23.7 Å². The normalized spacial score (nSPS) is 21.8. The monoisotopic (exact) mass is 243 g/mol. The average molecular weight is 243 g/mol. The minimum Gasteiger partial charge on any atom is -0.393 e. The number of rotatable bonds is 4. The molecule has 0 aromatic carbocycles. The Labute approximate surface area is 100 Å². The first kappa shape index (κ1) is 12.9. The van der Waals surface area contributed by atoms with Crippen molar-refractivity contribution in [1.29, 1.82) is 0 Å². The number of carbonyl (C=O) groups is 2. The van der Waals surface area contributed by atoms with Crippen LogP contribution in [0, 0.1) is 11.8 Å². The van der Waals surface area contributed by atoms with Gasteiger partial charge in [-0.05, 0) is 12.8 Å². The van der Waals surface area contributed by atoms with E-state index in [2.05, 4.69) is 0 Å². The maximum atomic E-state index is 12.0. The number of nitrogens with zero attached hydrogens (tertiary/aromatic N) is 1. The van der Waals surface area contributed by atoms with Crippen LogP contribution in [0.1, 0.15) is 19.8 Å². The molecule has 0 saturated carbocycles. The number of hydrogen-bond acceptors (Lipinski definition) is 3. The summed E-state index contributed by atoms with van der Waals surface area (Å²) >= 11 is 4.85. The van der Waals surface area contributed by atoms with Crippen LogP contribution in [0.2, 0.25) is 0 Å². The Morgan fingerprint density at radius 2 is 2.12 bits per heavy atom. The molecule has 2 unspecified atom stereocenters. The van der Waals surface area contributed by atoms with E-state index in [1.54, 1.807) is 4.90 Å². The van der Waals surface area contributed by atoms with Crippen molar-refractivity contribution >= 4 is 29.0 Å². The number of amides is 2. The zero-order valence-corrected chi connectivity index (χ0v) is 10.1. The van der Waals surface area contributed by atoms with Crippen LogP contribution in [-0.4, -0.2) is 34.8 Å². The van der Waals surface area contributed by atoms with Gasteiger partial charge < -0.3 is 16.4 Å². The molecule has 2 atom stereocenters. The second-order valence-electron chi connectivity index (χ2n) is 4.04. The summed E-state index contributed by atoms with van der Waals surface area (Å²) in [5.41, 5.74) is 10.7. The first-order valence-corrected chi connectivity index (χ1v) is 5.75. The summed E-state index contributed by atoms with van der Waals surface area (Å²) in [6.45, 7) is 2.82. The Morgan fingerprint density at radius 3 is 2.50 bits per heavy atom. The molecule has 1 aliphatic heterocycles. The molecule has 0 radical (unpaired) electrons. The van der Waals surface area contributed by atoms with Crippen LogP contribution in [0.4, 0.5) is 0 Å². The van der Waals surface area contributed by atoms with Gasteiger partial charge in [0.1, 0.15) is 0 Å². The minimum atomic E-state index is -0.415. The van der Waals surface area contributed by atoms with E-state index < -0.39 is 5.92 Å². The summed E-state index contributed by atoms with van der Waals surface area (Å²) in [5, 5.41) is 0. The standard InChI is InChI=1S/C10H17N3O2S/c1-2-7(9(12)16)10(15)13-4-3-6(5-13)8(11)14/h6-7H,2-5H2,1H3,(H2,11,14)(H2,12,16). The van der Waals surface area contributed by atoms with E-state index in [9.17, 15) is 9.59 Å². The van der Waals surface area contributed by atoms with Gasteiger partial charge in [0.2, 0.25) is 11.8 Å². The Hall–Kier alpha value is -1.17. The molecule has 16 heavy (non-hydrogen) atoms. The fraction of sp³-hybridized carbons (Fsp3) is 0.700. The van der Waals surface area contributed by atoms with Gasteiger partial charge in [-0.2, -0.15) is 0 Å². The number of likely N-dealkylation sites (tertiary alicyclic amines) is 1. The maximum absolute atomic E-state index is 12.0. The molecule has 1 heterocycles. The number of hydrogen-bond donors (Lipinski definition) is 2. The van der Waals surface area contributed by atoms with Crippen molar-refractivity contribution < 1.29 is 9.59 Å². The quantitative estimate of drug-likeness (QED) is 0.659. The molecular formula is C10H17N3O2S. The fourth-order valence-electron chi connectivity index (χ4n) is 1.91. The lowest BCUT2D eigenvalue weighted by molar-refractivity contribution is -0.132. The summed E-state index contributed by atoms with van der Waals surface area (Å²) in [4.78, 5) is 24.8. The highest BCUT2D eigenvalue weighted by Crippen LogP contribution is 2.19. The van der Waals surface area contributed by atoms with Crippen molar-refractivity contribution in [2.24, 2.45) is 23.3 Å². The van der Waals surface area contributed by atoms with Crippen molar-refractivity contribution in [2.75, 3.05) is 13.1 Å². The van der Waals surface area contributed by atoms with Crippen LogP contribution in [0.3, 0.4) is 0 Å². The van der Waals surface area contributed by atoms with E-state index in [1.165, 1.54) is 0 Å². The SMILES string of the molecule is CCC(C(=O)N1CCC(C(N)=O)C1)C(N)=S. The van der Waals surface area contributed by atoms with Crippen molar-refractivity contribution in [1.82, 2.24) is 4.90 Å². The van der Waals surface area contributed by atoms with E-state index in [1.807, 2.05) is 6.92 Å². The summed E-state index contributed by atoms with van der Waals surface area (Å²) in [7, 11) is 0. The Balaban J connectivity index is 2.63. The van der Waals surface area contributed by atoms with Gasteiger partial charge in [0.05, 0.1) is 16.8 Å². The number of thiocarbonyl (C=S) groups is 1. The lowest BCUT2D eigenvalue weighted by Crippen LogP contribution is -2.40. The largest absolute Gasteiger partial charge is 0.393 e. The molecule has 1 aliphatic rings. The zero-order valence-electron chi connectivity index (χ0n) is 9.31. The molecule has 0 bridgehead atoms. The highest BCUT2D eigenvalue weighted by molar-refractivity contribution is 7.80. The third kappa shape index (κ3) is 2.69. The van der Waals surface area contributed by atoms with Gasteiger partial charge in [-0.15, -0.1) is 0 Å². The van der Waals surface area contributed by atoms with E-state index in [0.717, 1.165) is 0 Å². The van der Waals surface area contributed by atoms with E-state index in [0.29, 0.717) is 25.9 Å². The molecule has 0 aromatic rings. The van der Waals surface area contributed by atoms with Gasteiger partial charge in [0, 0.05) is 13.1 Å². The average Bonchev–Trinajstić information content (AvgIpc) is 2.66. The van der Waals surface area contributed by atoms with Crippen LogP contribution in [0.15, 0.2) is 0 Å². The molecule has 1 rings (SSSR count). The lowest BCUT2D eigenvalue weighted by atomic mass is 10.1. The van der Waals surface area contributed by atoms with Crippen LogP contribution in [0.25, 0.3) is 0 Å². The van der Waals surface area contributed by atoms with Crippen molar-refractivity contribution in [3.05, 3.63) is 0 Å². The van der Waals surface area contributed by atoms with Crippen LogP contribution in [0.5, 0.6) is 0 Å². The Morgan fingerprint density at radius 1 is 1.50 bits per heavy atom. The molecule has 0 aromatic heterocycles. The molecule has 6 heteroatoms. The third-order valence-electron chi connectivity index (χ3n) is 2.95. The highest BCUT2D eigenvalue weighted by Gasteiger charge is 2.33. The Kier molecular flexibility index (Phi) is 4.23. The predicted octanol–water partition coefficient (Wildman–Crippen LogP) is -0.367. The summed E-state index contributed by atoms with van der Waals surface area (Å²) in [6, 6.07) is 0. The predicted molar refractivity (Wildman–Crippen MR) is 64.4 cm³/mol. The third-order valence-corrected chi connectivity index (χ3v) is 3.24. The molecule has 90 valence electrons. The molecule has 4 N–H and O–H groups in total.